The first-order valence-electron chi connectivity index (χ1n) is 6.10. The van der Waals surface area contributed by atoms with E-state index in [1.807, 2.05) is 12.1 Å². The fourth-order valence-electron chi connectivity index (χ4n) is 2.32. The van der Waals surface area contributed by atoms with Gasteiger partial charge < -0.3 is 4.90 Å². The average molecular weight is 229 g/mol. The number of nitrogens with zero attached hydrogens (tertiary/aromatic N) is 3. The van der Waals surface area contributed by atoms with Crippen molar-refractivity contribution in [1.82, 2.24) is 9.80 Å². The Morgan fingerprint density at radius 1 is 1.18 bits per heavy atom. The summed E-state index contributed by atoms with van der Waals surface area (Å²) in [7, 11) is 2.13. The van der Waals surface area contributed by atoms with Gasteiger partial charge in [-0.05, 0) is 25.1 Å². The summed E-state index contributed by atoms with van der Waals surface area (Å²) < 4.78 is 0. The molecule has 0 aliphatic carbocycles. The summed E-state index contributed by atoms with van der Waals surface area (Å²) >= 11 is 0. The minimum absolute atomic E-state index is 0.0927. The van der Waals surface area contributed by atoms with E-state index in [9.17, 15) is 5.26 Å². The highest BCUT2D eigenvalue weighted by molar-refractivity contribution is 5.32. The summed E-state index contributed by atoms with van der Waals surface area (Å²) in [5, 5.41) is 9.42. The molecule has 1 aromatic carbocycles. The predicted molar refractivity (Wildman–Crippen MR) is 68.6 cm³/mol. The Hall–Kier alpha value is -1.37. The molecule has 3 heteroatoms. The fourth-order valence-corrected chi connectivity index (χ4v) is 2.32. The third kappa shape index (κ3) is 2.66. The summed E-state index contributed by atoms with van der Waals surface area (Å²) in [6.07, 6.45) is 0. The van der Waals surface area contributed by atoms with Gasteiger partial charge in [0.15, 0.2) is 0 Å². The molecule has 0 amide bonds. The van der Waals surface area contributed by atoms with Gasteiger partial charge in [-0.3, -0.25) is 4.90 Å². The quantitative estimate of drug-likeness (QED) is 0.774. The number of aryl methyl sites for hydroxylation is 1. The average Bonchev–Trinajstić information content (AvgIpc) is 2.35. The normalized spacial score (nSPS) is 19.8. The molecule has 0 bridgehead atoms. The van der Waals surface area contributed by atoms with E-state index in [0.717, 1.165) is 31.7 Å². The molecule has 17 heavy (non-hydrogen) atoms. The first-order valence-corrected chi connectivity index (χ1v) is 6.10. The van der Waals surface area contributed by atoms with Crippen LogP contribution >= 0.6 is 0 Å². The van der Waals surface area contributed by atoms with Gasteiger partial charge in [-0.2, -0.15) is 5.26 Å². The molecule has 0 radical (unpaired) electrons. The third-order valence-corrected chi connectivity index (χ3v) is 3.51. The molecule has 0 aromatic heterocycles. The summed E-state index contributed by atoms with van der Waals surface area (Å²) in [5.74, 6) is 0. The Bertz CT molecular complexity index is 414. The van der Waals surface area contributed by atoms with E-state index >= 15 is 0 Å². The van der Waals surface area contributed by atoms with Crippen LogP contribution < -0.4 is 0 Å². The fraction of sp³-hybridized carbons (Fsp3) is 0.500. The molecule has 1 aromatic rings. The molecule has 2 rings (SSSR count). The number of hydrogen-bond acceptors (Lipinski definition) is 3. The second kappa shape index (κ2) is 5.31. The van der Waals surface area contributed by atoms with Crippen molar-refractivity contribution in [2.24, 2.45) is 0 Å². The molecule has 1 aliphatic heterocycles. The van der Waals surface area contributed by atoms with Crippen LogP contribution in [0.15, 0.2) is 24.3 Å². The van der Waals surface area contributed by atoms with Crippen LogP contribution in [0, 0.1) is 18.3 Å². The molecule has 1 fully saturated rings. The predicted octanol–water partition coefficient (Wildman–Crippen LogP) is 1.81. The zero-order chi connectivity index (χ0) is 12.3. The van der Waals surface area contributed by atoms with E-state index in [0.29, 0.717) is 0 Å². The van der Waals surface area contributed by atoms with E-state index in [2.05, 4.69) is 42.0 Å². The molecule has 1 unspecified atom stereocenters. The maximum atomic E-state index is 9.42. The summed E-state index contributed by atoms with van der Waals surface area (Å²) in [4.78, 5) is 4.59. The van der Waals surface area contributed by atoms with Crippen LogP contribution in [-0.2, 0) is 0 Å². The molecule has 90 valence electrons. The monoisotopic (exact) mass is 229 g/mol. The summed E-state index contributed by atoms with van der Waals surface area (Å²) in [6.45, 7) is 6.12. The van der Waals surface area contributed by atoms with Gasteiger partial charge in [0, 0.05) is 26.2 Å². The first-order chi connectivity index (χ1) is 8.22. The van der Waals surface area contributed by atoms with Gasteiger partial charge in [0.05, 0.1) is 6.07 Å². The van der Waals surface area contributed by atoms with Crippen LogP contribution in [0.3, 0.4) is 0 Å². The van der Waals surface area contributed by atoms with Crippen LogP contribution in [-0.4, -0.2) is 43.0 Å². The van der Waals surface area contributed by atoms with E-state index in [1.54, 1.807) is 0 Å². The third-order valence-electron chi connectivity index (χ3n) is 3.51. The molecule has 0 saturated carbocycles. The molecule has 0 spiro atoms. The van der Waals surface area contributed by atoms with Crippen molar-refractivity contribution in [3.05, 3.63) is 35.4 Å². The lowest BCUT2D eigenvalue weighted by Gasteiger charge is -2.35. The number of hydrogen-bond donors (Lipinski definition) is 0. The van der Waals surface area contributed by atoms with E-state index < -0.39 is 0 Å². The lowest BCUT2D eigenvalue weighted by atomic mass is 10.0. The summed E-state index contributed by atoms with van der Waals surface area (Å²) in [5.41, 5.74) is 2.36. The Kier molecular flexibility index (Phi) is 3.78. The standard InChI is InChI=1S/C14H19N3/c1-12-5-3-4-6-13(12)14(11-15)17-9-7-16(2)8-10-17/h3-6,14H,7-10H2,1-2H3. The second-order valence-electron chi connectivity index (χ2n) is 4.73. The van der Waals surface area contributed by atoms with Crippen LogP contribution in [0.2, 0.25) is 0 Å². The van der Waals surface area contributed by atoms with Crippen LogP contribution in [0.4, 0.5) is 0 Å². The molecule has 1 saturated heterocycles. The topological polar surface area (TPSA) is 30.3 Å². The summed E-state index contributed by atoms with van der Waals surface area (Å²) in [6, 6.07) is 10.6. The molecule has 1 heterocycles. The second-order valence-corrected chi connectivity index (χ2v) is 4.73. The van der Waals surface area contributed by atoms with E-state index in [-0.39, 0.29) is 6.04 Å². The Morgan fingerprint density at radius 2 is 1.82 bits per heavy atom. The molecule has 3 nitrogen and oxygen atoms in total. The van der Waals surface area contributed by atoms with Gasteiger partial charge >= 0.3 is 0 Å². The van der Waals surface area contributed by atoms with Crippen molar-refractivity contribution in [2.45, 2.75) is 13.0 Å². The number of rotatable bonds is 2. The number of benzene rings is 1. The Morgan fingerprint density at radius 3 is 2.41 bits per heavy atom. The SMILES string of the molecule is Cc1ccccc1C(C#N)N1CCN(C)CC1. The lowest BCUT2D eigenvalue weighted by molar-refractivity contribution is 0.132. The van der Waals surface area contributed by atoms with Crippen molar-refractivity contribution in [2.75, 3.05) is 33.2 Å². The van der Waals surface area contributed by atoms with Crippen molar-refractivity contribution in [3.8, 4) is 6.07 Å². The van der Waals surface area contributed by atoms with Gasteiger partial charge in [-0.25, -0.2) is 0 Å². The van der Waals surface area contributed by atoms with Crippen molar-refractivity contribution in [1.29, 1.82) is 5.26 Å². The Balaban J connectivity index is 2.18. The van der Waals surface area contributed by atoms with Gasteiger partial charge in [-0.1, -0.05) is 24.3 Å². The van der Waals surface area contributed by atoms with Gasteiger partial charge in [-0.15, -0.1) is 0 Å². The number of piperazine rings is 1. The van der Waals surface area contributed by atoms with Crippen molar-refractivity contribution in [3.63, 3.8) is 0 Å². The smallest absolute Gasteiger partial charge is 0.124 e. The van der Waals surface area contributed by atoms with Gasteiger partial charge in [0.2, 0.25) is 0 Å². The van der Waals surface area contributed by atoms with Gasteiger partial charge in [0.25, 0.3) is 0 Å². The molecular formula is C14H19N3. The van der Waals surface area contributed by atoms with Crippen LogP contribution in [0.5, 0.6) is 0 Å². The van der Waals surface area contributed by atoms with Crippen LogP contribution in [0.25, 0.3) is 0 Å². The number of nitriles is 1. The highest BCUT2D eigenvalue weighted by atomic mass is 15.3. The van der Waals surface area contributed by atoms with E-state index in [4.69, 9.17) is 0 Å². The Labute approximate surface area is 103 Å². The zero-order valence-corrected chi connectivity index (χ0v) is 10.6. The first kappa shape index (κ1) is 12.1. The zero-order valence-electron chi connectivity index (χ0n) is 10.6. The minimum Gasteiger partial charge on any atom is -0.304 e. The highest BCUT2D eigenvalue weighted by Crippen LogP contribution is 2.23. The molecular weight excluding hydrogens is 210 g/mol. The van der Waals surface area contributed by atoms with Crippen molar-refractivity contribution < 1.29 is 0 Å². The van der Waals surface area contributed by atoms with Crippen LogP contribution in [0.1, 0.15) is 17.2 Å². The maximum Gasteiger partial charge on any atom is 0.124 e. The van der Waals surface area contributed by atoms with Crippen molar-refractivity contribution >= 4 is 0 Å². The maximum absolute atomic E-state index is 9.42. The largest absolute Gasteiger partial charge is 0.304 e. The minimum atomic E-state index is -0.0927. The number of likely N-dealkylation sites (N-methyl/N-ethyl adjacent to an activating group) is 1. The van der Waals surface area contributed by atoms with E-state index in [1.165, 1.54) is 5.56 Å². The molecule has 1 aliphatic rings. The molecule has 1 atom stereocenters. The lowest BCUT2D eigenvalue weighted by Crippen LogP contribution is -2.45. The highest BCUT2D eigenvalue weighted by Gasteiger charge is 2.24. The molecule has 0 N–H and O–H groups in total. The van der Waals surface area contributed by atoms with Gasteiger partial charge in [0.1, 0.15) is 6.04 Å².